The first kappa shape index (κ1) is 14.3. The van der Waals surface area contributed by atoms with Crippen LogP contribution in [0.2, 0.25) is 0 Å². The summed E-state index contributed by atoms with van der Waals surface area (Å²) in [7, 11) is 0. The third kappa shape index (κ3) is 1.92. The van der Waals surface area contributed by atoms with Crippen LogP contribution in [0.4, 0.5) is 13.2 Å². The van der Waals surface area contributed by atoms with Crippen molar-refractivity contribution in [1.29, 1.82) is 0 Å². The minimum absolute atomic E-state index is 0.218. The molecule has 0 aliphatic heterocycles. The number of carbonyl (C=O) groups is 1. The summed E-state index contributed by atoms with van der Waals surface area (Å²) in [6.07, 6.45) is -4.75. The molecular weight excluding hydrogens is 233 g/mol. The second kappa shape index (κ2) is 3.37. The van der Waals surface area contributed by atoms with E-state index in [0.717, 1.165) is 0 Å². The van der Waals surface area contributed by atoms with Crippen LogP contribution in [0.15, 0.2) is 0 Å². The van der Waals surface area contributed by atoms with E-state index in [2.05, 4.69) is 5.32 Å². The SMILES string of the molecule is CC(N)(C(=O)NC1C(C)(C)C1(C)C)C(F)(F)F. The molecule has 0 aromatic rings. The number of amides is 1. The third-order valence-corrected chi connectivity index (χ3v) is 4.36. The summed E-state index contributed by atoms with van der Waals surface area (Å²) < 4.78 is 37.7. The van der Waals surface area contributed by atoms with Gasteiger partial charge in [0.2, 0.25) is 5.91 Å². The van der Waals surface area contributed by atoms with Crippen LogP contribution in [0.5, 0.6) is 0 Å². The van der Waals surface area contributed by atoms with Gasteiger partial charge in [0.1, 0.15) is 0 Å². The van der Waals surface area contributed by atoms with Gasteiger partial charge in [0.15, 0.2) is 5.54 Å². The van der Waals surface area contributed by atoms with Crippen LogP contribution in [-0.2, 0) is 4.79 Å². The highest BCUT2D eigenvalue weighted by molar-refractivity contribution is 5.87. The van der Waals surface area contributed by atoms with Crippen LogP contribution in [-0.4, -0.2) is 23.7 Å². The van der Waals surface area contributed by atoms with Crippen LogP contribution in [0.1, 0.15) is 34.6 Å². The number of rotatable bonds is 2. The Kier molecular flexibility index (Phi) is 2.83. The normalized spacial score (nSPS) is 26.2. The standard InChI is InChI=1S/C11H19F3N2O/c1-8(2)6(9(8,3)4)16-7(17)10(5,15)11(12,13)14/h6H,15H2,1-5H3,(H,16,17). The Labute approximate surface area is 98.9 Å². The van der Waals surface area contributed by atoms with Crippen molar-refractivity contribution in [2.45, 2.75) is 52.4 Å². The van der Waals surface area contributed by atoms with E-state index < -0.39 is 17.6 Å². The average Bonchev–Trinajstić information content (AvgIpc) is 2.45. The lowest BCUT2D eigenvalue weighted by molar-refractivity contribution is -0.187. The van der Waals surface area contributed by atoms with Crippen molar-refractivity contribution >= 4 is 5.91 Å². The zero-order chi connectivity index (χ0) is 13.9. The summed E-state index contributed by atoms with van der Waals surface area (Å²) in [5.41, 5.74) is 1.77. The molecule has 1 unspecified atom stereocenters. The van der Waals surface area contributed by atoms with Gasteiger partial charge in [-0.25, -0.2) is 0 Å². The molecule has 0 spiro atoms. The lowest BCUT2D eigenvalue weighted by Gasteiger charge is -2.26. The van der Waals surface area contributed by atoms with Gasteiger partial charge < -0.3 is 11.1 Å². The summed E-state index contributed by atoms with van der Waals surface area (Å²) in [4.78, 5) is 11.6. The molecule has 1 rings (SSSR count). The maximum atomic E-state index is 12.6. The van der Waals surface area contributed by atoms with E-state index in [0.29, 0.717) is 6.92 Å². The number of hydrogen-bond donors (Lipinski definition) is 2. The first-order valence-corrected chi connectivity index (χ1v) is 5.43. The van der Waals surface area contributed by atoms with Crippen molar-refractivity contribution in [2.75, 3.05) is 0 Å². The minimum atomic E-state index is -4.75. The molecule has 0 aromatic heterocycles. The molecule has 1 aliphatic rings. The van der Waals surface area contributed by atoms with Gasteiger partial charge in [0.25, 0.3) is 0 Å². The first-order chi connectivity index (χ1) is 7.26. The number of nitrogens with one attached hydrogen (secondary N) is 1. The number of hydrogen-bond acceptors (Lipinski definition) is 2. The summed E-state index contributed by atoms with van der Waals surface area (Å²) >= 11 is 0. The van der Waals surface area contributed by atoms with E-state index >= 15 is 0 Å². The maximum Gasteiger partial charge on any atom is 0.415 e. The smallest absolute Gasteiger partial charge is 0.350 e. The first-order valence-electron chi connectivity index (χ1n) is 5.43. The largest absolute Gasteiger partial charge is 0.415 e. The number of carbonyl (C=O) groups excluding carboxylic acids is 1. The van der Waals surface area contributed by atoms with E-state index in [1.54, 1.807) is 0 Å². The summed E-state index contributed by atoms with van der Waals surface area (Å²) in [6.45, 7) is 8.29. The fourth-order valence-corrected chi connectivity index (χ4v) is 1.97. The van der Waals surface area contributed by atoms with Gasteiger partial charge in [-0.3, -0.25) is 4.79 Å². The summed E-state index contributed by atoms with van der Waals surface area (Å²) in [6, 6.07) is -0.285. The second-order valence-electron chi connectivity index (χ2n) is 6.05. The average molecular weight is 252 g/mol. The molecule has 0 saturated heterocycles. The van der Waals surface area contributed by atoms with E-state index in [9.17, 15) is 18.0 Å². The van der Waals surface area contributed by atoms with Crippen LogP contribution in [0.25, 0.3) is 0 Å². The van der Waals surface area contributed by atoms with Gasteiger partial charge in [0.05, 0.1) is 0 Å². The number of alkyl halides is 3. The minimum Gasteiger partial charge on any atom is -0.350 e. The van der Waals surface area contributed by atoms with Crippen molar-refractivity contribution in [3.8, 4) is 0 Å². The maximum absolute atomic E-state index is 12.6. The Hall–Kier alpha value is -0.780. The molecule has 6 heteroatoms. The predicted molar refractivity (Wildman–Crippen MR) is 58.1 cm³/mol. The summed E-state index contributed by atoms with van der Waals surface area (Å²) in [5, 5.41) is 2.40. The van der Waals surface area contributed by atoms with Gasteiger partial charge in [-0.15, -0.1) is 0 Å². The fourth-order valence-electron chi connectivity index (χ4n) is 1.97. The quantitative estimate of drug-likeness (QED) is 0.787. The van der Waals surface area contributed by atoms with E-state index in [-0.39, 0.29) is 16.9 Å². The van der Waals surface area contributed by atoms with Crippen molar-refractivity contribution in [3.63, 3.8) is 0 Å². The van der Waals surface area contributed by atoms with Gasteiger partial charge in [0, 0.05) is 6.04 Å². The molecule has 0 bridgehead atoms. The van der Waals surface area contributed by atoms with Crippen LogP contribution >= 0.6 is 0 Å². The molecule has 100 valence electrons. The van der Waals surface area contributed by atoms with Crippen molar-refractivity contribution in [3.05, 3.63) is 0 Å². The highest BCUT2D eigenvalue weighted by Crippen LogP contribution is 2.62. The molecule has 0 radical (unpaired) electrons. The van der Waals surface area contributed by atoms with E-state index in [1.165, 1.54) is 0 Å². The van der Waals surface area contributed by atoms with Crippen molar-refractivity contribution < 1.29 is 18.0 Å². The molecule has 3 nitrogen and oxygen atoms in total. The lowest BCUT2D eigenvalue weighted by atomic mass is 10.0. The highest BCUT2D eigenvalue weighted by atomic mass is 19.4. The van der Waals surface area contributed by atoms with Crippen molar-refractivity contribution in [2.24, 2.45) is 16.6 Å². The topological polar surface area (TPSA) is 55.1 Å². The Bertz CT molecular complexity index is 331. The molecule has 1 atom stereocenters. The Morgan fingerprint density at radius 2 is 1.53 bits per heavy atom. The van der Waals surface area contributed by atoms with Crippen molar-refractivity contribution in [1.82, 2.24) is 5.32 Å². The lowest BCUT2D eigenvalue weighted by Crippen LogP contribution is -2.62. The van der Waals surface area contributed by atoms with Gasteiger partial charge in [-0.05, 0) is 17.8 Å². The number of nitrogens with two attached hydrogens (primary N) is 1. The molecule has 1 fully saturated rings. The van der Waals surface area contributed by atoms with E-state index in [4.69, 9.17) is 5.73 Å². The molecular formula is C11H19F3N2O. The highest BCUT2D eigenvalue weighted by Gasteiger charge is 2.67. The second-order valence-corrected chi connectivity index (χ2v) is 6.05. The Morgan fingerprint density at radius 1 is 1.18 bits per heavy atom. The third-order valence-electron chi connectivity index (χ3n) is 4.36. The van der Waals surface area contributed by atoms with Gasteiger partial charge >= 0.3 is 6.18 Å². The zero-order valence-electron chi connectivity index (χ0n) is 10.7. The van der Waals surface area contributed by atoms with Gasteiger partial charge in [-0.2, -0.15) is 13.2 Å². The van der Waals surface area contributed by atoms with Crippen LogP contribution in [0.3, 0.4) is 0 Å². The molecule has 1 amide bonds. The predicted octanol–water partition coefficient (Wildman–Crippen LogP) is 1.82. The molecule has 17 heavy (non-hydrogen) atoms. The number of halogens is 3. The van der Waals surface area contributed by atoms with Crippen LogP contribution < -0.4 is 11.1 Å². The molecule has 0 heterocycles. The Morgan fingerprint density at radius 3 is 1.76 bits per heavy atom. The molecule has 1 saturated carbocycles. The fraction of sp³-hybridized carbons (Fsp3) is 0.909. The Balaban J connectivity index is 2.77. The molecule has 1 aliphatic carbocycles. The monoisotopic (exact) mass is 252 g/mol. The summed E-state index contributed by atoms with van der Waals surface area (Å²) in [5.74, 6) is -1.17. The zero-order valence-corrected chi connectivity index (χ0v) is 10.7. The van der Waals surface area contributed by atoms with Crippen LogP contribution in [0, 0.1) is 10.8 Å². The van der Waals surface area contributed by atoms with Gasteiger partial charge in [-0.1, -0.05) is 27.7 Å². The molecule has 3 N–H and O–H groups in total. The molecule has 0 aromatic carbocycles. The van der Waals surface area contributed by atoms with E-state index in [1.807, 2.05) is 27.7 Å².